The van der Waals surface area contributed by atoms with E-state index in [4.69, 9.17) is 11.3 Å². The number of hydrogen-bond donors (Lipinski definition) is 0. The second kappa shape index (κ2) is 13.3. The fourth-order valence-electron chi connectivity index (χ4n) is 4.19. The molecule has 3 rings (SSSR count). The maximum Gasteiger partial charge on any atom is 0.329 e. The predicted octanol–water partition coefficient (Wildman–Crippen LogP) is 7.19. The lowest BCUT2D eigenvalue weighted by Crippen LogP contribution is -2.48. The average Bonchev–Trinajstić information content (AvgIpc) is 2.91. The summed E-state index contributed by atoms with van der Waals surface area (Å²) in [7, 11) is 0. The largest absolute Gasteiger partial charge is 0.459 e. The molecule has 0 bridgehead atoms. The second-order valence-corrected chi connectivity index (χ2v) is 9.23. The van der Waals surface area contributed by atoms with E-state index >= 15 is 0 Å². The van der Waals surface area contributed by atoms with E-state index in [1.54, 1.807) is 11.0 Å². The number of nitrogens with zero attached hydrogens (tertiary/aromatic N) is 2. The van der Waals surface area contributed by atoms with Crippen molar-refractivity contribution < 1.29 is 14.3 Å². The van der Waals surface area contributed by atoms with Gasteiger partial charge >= 0.3 is 5.97 Å². The highest BCUT2D eigenvalue weighted by atomic mass is 16.5. The number of amides is 1. The van der Waals surface area contributed by atoms with E-state index in [2.05, 4.69) is 4.85 Å². The minimum atomic E-state index is -0.680. The highest BCUT2D eigenvalue weighted by Gasteiger charge is 2.33. The Bertz CT molecular complexity index is 1180. The number of para-hydroxylation sites is 1. The first-order valence-corrected chi connectivity index (χ1v) is 12.5. The highest BCUT2D eigenvalue weighted by Crippen LogP contribution is 2.30. The zero-order chi connectivity index (χ0) is 25.9. The molecule has 0 spiro atoms. The molecule has 186 valence electrons. The first kappa shape index (κ1) is 26.7. The van der Waals surface area contributed by atoms with Crippen molar-refractivity contribution in [1.29, 1.82) is 0 Å². The molecule has 0 N–H and O–H groups in total. The Labute approximate surface area is 214 Å². The van der Waals surface area contributed by atoms with E-state index in [-0.39, 0.29) is 24.4 Å². The van der Waals surface area contributed by atoms with Crippen LogP contribution in [0.1, 0.15) is 51.2 Å². The highest BCUT2D eigenvalue weighted by molar-refractivity contribution is 5.85. The van der Waals surface area contributed by atoms with Gasteiger partial charge in [-0.1, -0.05) is 106 Å². The first-order chi connectivity index (χ1) is 17.4. The van der Waals surface area contributed by atoms with Crippen LogP contribution in [0.25, 0.3) is 16.0 Å². The monoisotopic (exact) mass is 482 g/mol. The van der Waals surface area contributed by atoms with Gasteiger partial charge in [0.1, 0.15) is 12.6 Å². The molecule has 0 unspecified atom stereocenters. The van der Waals surface area contributed by atoms with Gasteiger partial charge in [0.2, 0.25) is 5.91 Å². The summed E-state index contributed by atoms with van der Waals surface area (Å²) in [5.41, 5.74) is 4.25. The molecule has 5 nitrogen and oxygen atoms in total. The number of ether oxygens (including phenoxy) is 1. The SMILES string of the molecule is [C-]#[N+]c1ccccc1-c1ccc(CN(C(=O)CCCC)[C@H](C(=O)OCc2ccccc2)C(C)C)cc1. The lowest BCUT2D eigenvalue weighted by Gasteiger charge is -2.33. The Morgan fingerprint density at radius 1 is 0.917 bits per heavy atom. The summed E-state index contributed by atoms with van der Waals surface area (Å²) in [6, 6.07) is 24.2. The van der Waals surface area contributed by atoms with E-state index in [1.807, 2.05) is 93.6 Å². The molecule has 1 amide bonds. The summed E-state index contributed by atoms with van der Waals surface area (Å²) >= 11 is 0. The van der Waals surface area contributed by atoms with Gasteiger partial charge in [0.15, 0.2) is 5.69 Å². The average molecular weight is 483 g/mol. The Hall–Kier alpha value is -3.91. The van der Waals surface area contributed by atoms with Crippen molar-refractivity contribution in [3.05, 3.63) is 101 Å². The minimum Gasteiger partial charge on any atom is -0.459 e. The first-order valence-electron chi connectivity index (χ1n) is 12.5. The molecule has 3 aromatic rings. The summed E-state index contributed by atoms with van der Waals surface area (Å²) in [6.45, 7) is 13.9. The van der Waals surface area contributed by atoms with Crippen LogP contribution in [-0.2, 0) is 27.5 Å². The van der Waals surface area contributed by atoms with E-state index in [1.165, 1.54) is 0 Å². The van der Waals surface area contributed by atoms with Crippen molar-refractivity contribution in [3.8, 4) is 11.1 Å². The predicted molar refractivity (Wildman–Crippen MR) is 143 cm³/mol. The maximum absolute atomic E-state index is 13.3. The molecule has 0 aliphatic heterocycles. The van der Waals surface area contributed by atoms with Crippen LogP contribution in [0.15, 0.2) is 78.9 Å². The molecule has 36 heavy (non-hydrogen) atoms. The van der Waals surface area contributed by atoms with E-state index in [0.29, 0.717) is 18.7 Å². The molecule has 0 radical (unpaired) electrons. The summed E-state index contributed by atoms with van der Waals surface area (Å²) < 4.78 is 5.67. The van der Waals surface area contributed by atoms with Gasteiger partial charge in [0, 0.05) is 13.0 Å². The Kier molecular flexibility index (Phi) is 9.82. The van der Waals surface area contributed by atoms with E-state index < -0.39 is 6.04 Å². The van der Waals surface area contributed by atoms with Gasteiger partial charge < -0.3 is 9.64 Å². The van der Waals surface area contributed by atoms with Crippen LogP contribution in [0, 0.1) is 12.5 Å². The van der Waals surface area contributed by atoms with Crippen molar-refractivity contribution in [1.82, 2.24) is 4.90 Å². The zero-order valence-corrected chi connectivity index (χ0v) is 21.3. The molecule has 0 fully saturated rings. The molecule has 5 heteroatoms. The van der Waals surface area contributed by atoms with E-state index in [0.717, 1.165) is 35.1 Å². The number of esters is 1. The number of unbranched alkanes of at least 4 members (excludes halogenated alkanes) is 1. The normalized spacial score (nSPS) is 11.5. The van der Waals surface area contributed by atoms with Crippen LogP contribution in [0.2, 0.25) is 0 Å². The fourth-order valence-corrected chi connectivity index (χ4v) is 4.19. The van der Waals surface area contributed by atoms with Crippen molar-refractivity contribution >= 4 is 17.6 Å². The molecular formula is C31H34N2O3. The molecule has 0 saturated heterocycles. The lowest BCUT2D eigenvalue weighted by molar-refractivity contribution is -0.159. The second-order valence-electron chi connectivity index (χ2n) is 9.23. The molecule has 3 aromatic carbocycles. The summed E-state index contributed by atoms with van der Waals surface area (Å²) in [5, 5.41) is 0. The van der Waals surface area contributed by atoms with Crippen LogP contribution in [0.3, 0.4) is 0 Å². The smallest absolute Gasteiger partial charge is 0.329 e. The van der Waals surface area contributed by atoms with Gasteiger partial charge in [-0.2, -0.15) is 0 Å². The minimum absolute atomic E-state index is 0.0466. The number of carbonyl (C=O) groups excluding carboxylic acids is 2. The lowest BCUT2D eigenvalue weighted by atomic mass is 9.99. The molecule has 1 atom stereocenters. The molecular weight excluding hydrogens is 448 g/mol. The van der Waals surface area contributed by atoms with Crippen molar-refractivity contribution in [3.63, 3.8) is 0 Å². The van der Waals surface area contributed by atoms with Gasteiger partial charge in [0.25, 0.3) is 0 Å². The van der Waals surface area contributed by atoms with Crippen molar-refractivity contribution in [2.45, 2.75) is 59.2 Å². The van der Waals surface area contributed by atoms with E-state index in [9.17, 15) is 9.59 Å². The van der Waals surface area contributed by atoms with Crippen LogP contribution >= 0.6 is 0 Å². The zero-order valence-electron chi connectivity index (χ0n) is 21.3. The van der Waals surface area contributed by atoms with Crippen molar-refractivity contribution in [2.75, 3.05) is 0 Å². The molecule has 0 heterocycles. The van der Waals surface area contributed by atoms with Crippen LogP contribution in [0.5, 0.6) is 0 Å². The standard InChI is InChI=1S/C31H34N2O3/c1-5-6-16-29(34)33(30(23(2)3)31(35)36-22-25-12-8-7-9-13-25)21-24-17-19-26(20-18-24)27-14-10-11-15-28(27)32-4/h7-15,17-20,23,30H,5-6,16,21-22H2,1-3H3/t30-/m0/s1. The van der Waals surface area contributed by atoms with Gasteiger partial charge in [-0.15, -0.1) is 0 Å². The summed E-state index contributed by atoms with van der Waals surface area (Å²) in [5.74, 6) is -0.542. The third-order valence-corrected chi connectivity index (χ3v) is 6.14. The third kappa shape index (κ3) is 7.05. The van der Waals surface area contributed by atoms with Crippen LogP contribution in [0.4, 0.5) is 5.69 Å². The number of benzene rings is 3. The topological polar surface area (TPSA) is 51.0 Å². The Balaban J connectivity index is 1.83. The number of rotatable bonds is 11. The van der Waals surface area contributed by atoms with Gasteiger partial charge in [-0.05, 0) is 34.6 Å². The van der Waals surface area contributed by atoms with Crippen molar-refractivity contribution in [2.24, 2.45) is 5.92 Å². The van der Waals surface area contributed by atoms with Gasteiger partial charge in [0.05, 0.1) is 6.57 Å². The van der Waals surface area contributed by atoms with Gasteiger partial charge in [-0.3, -0.25) is 4.79 Å². The van der Waals surface area contributed by atoms with Gasteiger partial charge in [-0.25, -0.2) is 9.64 Å². The maximum atomic E-state index is 13.3. The summed E-state index contributed by atoms with van der Waals surface area (Å²) in [6.07, 6.45) is 2.06. The Morgan fingerprint density at radius 3 is 2.22 bits per heavy atom. The molecule has 0 aliphatic rings. The quantitative estimate of drug-likeness (QED) is 0.215. The van der Waals surface area contributed by atoms with Crippen LogP contribution < -0.4 is 0 Å². The molecule has 0 saturated carbocycles. The Morgan fingerprint density at radius 2 is 1.58 bits per heavy atom. The number of hydrogen-bond acceptors (Lipinski definition) is 3. The third-order valence-electron chi connectivity index (χ3n) is 6.14. The molecule has 0 aromatic heterocycles. The number of carbonyl (C=O) groups is 2. The summed E-state index contributed by atoms with van der Waals surface area (Å²) in [4.78, 5) is 31.8. The van der Waals surface area contributed by atoms with Crippen LogP contribution in [-0.4, -0.2) is 22.8 Å². The molecule has 0 aliphatic carbocycles. The fraction of sp³-hybridized carbons (Fsp3) is 0.323.